The molecule has 1 aromatic heterocycles. The molecule has 7 heteroatoms. The van der Waals surface area contributed by atoms with E-state index in [0.29, 0.717) is 16.6 Å². The molecule has 0 fully saturated rings. The van der Waals surface area contributed by atoms with Crippen LogP contribution in [-0.2, 0) is 22.7 Å². The number of ether oxygens (including phenoxy) is 2. The number of esters is 2. The predicted octanol–water partition coefficient (Wildman–Crippen LogP) is 6.78. The van der Waals surface area contributed by atoms with Crippen LogP contribution in [0.15, 0.2) is 81.7 Å². The van der Waals surface area contributed by atoms with E-state index in [1.165, 1.54) is 0 Å². The van der Waals surface area contributed by atoms with Crippen molar-refractivity contribution in [2.75, 3.05) is 0 Å². The van der Waals surface area contributed by atoms with Crippen LogP contribution in [0.4, 0.5) is 0 Å². The average Bonchev–Trinajstić information content (AvgIpc) is 2.82. The lowest BCUT2D eigenvalue weighted by Gasteiger charge is -2.14. The molecule has 1 heterocycles. The number of aryl methyl sites for hydroxylation is 1. The third kappa shape index (κ3) is 5.49. The van der Waals surface area contributed by atoms with Crippen molar-refractivity contribution < 1.29 is 19.1 Å². The summed E-state index contributed by atoms with van der Waals surface area (Å²) in [5.74, 6) is -1.22. The summed E-state index contributed by atoms with van der Waals surface area (Å²) in [5, 5.41) is 0.541. The van der Waals surface area contributed by atoms with Crippen molar-refractivity contribution in [2.45, 2.75) is 20.1 Å². The first-order valence-electron chi connectivity index (χ1n) is 10.1. The van der Waals surface area contributed by atoms with Crippen molar-refractivity contribution in [1.82, 2.24) is 4.98 Å². The van der Waals surface area contributed by atoms with Gasteiger partial charge in [0.15, 0.2) is 0 Å². The van der Waals surface area contributed by atoms with Gasteiger partial charge in [0.1, 0.15) is 13.2 Å². The minimum absolute atomic E-state index is 0.0752. The van der Waals surface area contributed by atoms with Gasteiger partial charge in [0.05, 0.1) is 22.3 Å². The summed E-state index contributed by atoms with van der Waals surface area (Å²) in [5.41, 5.74) is 2.96. The molecular formula is C26H19Br2NO4. The third-order valence-corrected chi connectivity index (χ3v) is 6.11. The zero-order chi connectivity index (χ0) is 23.4. The largest absolute Gasteiger partial charge is 0.457 e. The maximum atomic E-state index is 13.2. The van der Waals surface area contributed by atoms with E-state index < -0.39 is 11.9 Å². The molecule has 0 radical (unpaired) electrons. The number of hydrogen-bond acceptors (Lipinski definition) is 5. The number of rotatable bonds is 6. The smallest absolute Gasteiger partial charge is 0.341 e. The van der Waals surface area contributed by atoms with Gasteiger partial charge in [0, 0.05) is 14.3 Å². The summed E-state index contributed by atoms with van der Waals surface area (Å²) in [6, 6.07) is 22.1. The van der Waals surface area contributed by atoms with Crippen molar-refractivity contribution in [3.63, 3.8) is 0 Å². The molecule has 0 spiro atoms. The minimum Gasteiger partial charge on any atom is -0.457 e. The summed E-state index contributed by atoms with van der Waals surface area (Å²) in [6.07, 6.45) is 0. The Morgan fingerprint density at radius 1 is 0.727 bits per heavy atom. The quantitative estimate of drug-likeness (QED) is 0.240. The normalized spacial score (nSPS) is 10.8. The molecule has 5 nitrogen and oxygen atoms in total. The van der Waals surface area contributed by atoms with Crippen LogP contribution < -0.4 is 0 Å². The van der Waals surface area contributed by atoms with Crippen molar-refractivity contribution in [2.24, 2.45) is 0 Å². The van der Waals surface area contributed by atoms with Crippen LogP contribution in [0.1, 0.15) is 37.5 Å². The fraction of sp³-hybridized carbons (Fsp3) is 0.115. The molecule has 4 rings (SSSR count). The van der Waals surface area contributed by atoms with Gasteiger partial charge in [-0.1, -0.05) is 74.3 Å². The van der Waals surface area contributed by atoms with E-state index in [9.17, 15) is 9.59 Å². The first-order valence-corrected chi connectivity index (χ1v) is 11.7. The maximum Gasteiger partial charge on any atom is 0.341 e. The molecule has 33 heavy (non-hydrogen) atoms. The molecule has 0 bridgehead atoms. The Hall–Kier alpha value is -3.03. The van der Waals surface area contributed by atoms with E-state index in [-0.39, 0.29) is 24.3 Å². The number of benzene rings is 3. The Labute approximate surface area is 208 Å². The third-order valence-electron chi connectivity index (χ3n) is 5.05. The summed E-state index contributed by atoms with van der Waals surface area (Å²) in [7, 11) is 0. The molecule has 3 aromatic carbocycles. The highest BCUT2D eigenvalue weighted by molar-refractivity contribution is 9.10. The van der Waals surface area contributed by atoms with E-state index in [2.05, 4.69) is 36.8 Å². The van der Waals surface area contributed by atoms with Gasteiger partial charge in [-0.25, -0.2) is 9.59 Å². The number of nitrogens with zero attached hydrogens (tertiary/aromatic N) is 1. The Bertz CT molecular complexity index is 1320. The Morgan fingerprint density at radius 3 is 1.76 bits per heavy atom. The molecule has 0 N–H and O–H groups in total. The van der Waals surface area contributed by atoms with Crippen LogP contribution in [-0.4, -0.2) is 16.9 Å². The van der Waals surface area contributed by atoms with Gasteiger partial charge in [0.25, 0.3) is 0 Å². The van der Waals surface area contributed by atoms with Crippen LogP contribution in [0.3, 0.4) is 0 Å². The number of pyridine rings is 1. The van der Waals surface area contributed by atoms with Crippen LogP contribution >= 0.6 is 31.9 Å². The molecule has 0 aliphatic rings. The summed E-state index contributed by atoms with van der Waals surface area (Å²) < 4.78 is 13.0. The molecule has 0 aliphatic carbocycles. The fourth-order valence-electron chi connectivity index (χ4n) is 3.40. The summed E-state index contributed by atoms with van der Waals surface area (Å²) in [6.45, 7) is 1.84. The van der Waals surface area contributed by atoms with E-state index in [4.69, 9.17) is 9.47 Å². The highest BCUT2D eigenvalue weighted by Gasteiger charge is 2.26. The van der Waals surface area contributed by atoms with Crippen LogP contribution in [0.5, 0.6) is 0 Å². The second kappa shape index (κ2) is 10.3. The molecular weight excluding hydrogens is 550 g/mol. The van der Waals surface area contributed by atoms with E-state index >= 15 is 0 Å². The number of hydrogen-bond donors (Lipinski definition) is 0. The number of carbonyl (C=O) groups is 2. The molecule has 0 saturated heterocycles. The second-order valence-corrected chi connectivity index (χ2v) is 9.20. The number of halogens is 2. The Morgan fingerprint density at radius 2 is 1.21 bits per heavy atom. The summed E-state index contributed by atoms with van der Waals surface area (Å²) in [4.78, 5) is 30.8. The number of carbonyl (C=O) groups excluding carboxylic acids is 2. The topological polar surface area (TPSA) is 65.5 Å². The van der Waals surface area contributed by atoms with Crippen molar-refractivity contribution in [1.29, 1.82) is 0 Å². The fourth-order valence-corrected chi connectivity index (χ4v) is 3.93. The second-order valence-electron chi connectivity index (χ2n) is 7.37. The van der Waals surface area contributed by atoms with Gasteiger partial charge in [-0.05, 0) is 48.4 Å². The van der Waals surface area contributed by atoms with E-state index in [1.807, 2.05) is 54.6 Å². The van der Waals surface area contributed by atoms with Crippen molar-refractivity contribution in [3.8, 4) is 0 Å². The Balaban J connectivity index is 1.64. The highest BCUT2D eigenvalue weighted by atomic mass is 79.9. The maximum absolute atomic E-state index is 13.2. The van der Waals surface area contributed by atoms with Crippen molar-refractivity contribution in [3.05, 3.63) is 110 Å². The monoisotopic (exact) mass is 567 g/mol. The van der Waals surface area contributed by atoms with Gasteiger partial charge in [-0.3, -0.25) is 4.98 Å². The van der Waals surface area contributed by atoms with Gasteiger partial charge >= 0.3 is 11.9 Å². The SMILES string of the molecule is Cc1nc2ccccc2c(C(=O)OCc2ccc(Br)cc2)c1C(=O)OCc1ccc(Br)cc1. The first kappa shape index (κ1) is 23.1. The summed E-state index contributed by atoms with van der Waals surface area (Å²) >= 11 is 6.77. The molecule has 166 valence electrons. The van der Waals surface area contributed by atoms with Crippen LogP contribution in [0.25, 0.3) is 10.9 Å². The zero-order valence-corrected chi connectivity index (χ0v) is 20.9. The zero-order valence-electron chi connectivity index (χ0n) is 17.7. The van der Waals surface area contributed by atoms with Crippen LogP contribution in [0.2, 0.25) is 0 Å². The number of aromatic nitrogens is 1. The lowest BCUT2D eigenvalue weighted by Crippen LogP contribution is -2.17. The molecule has 0 unspecified atom stereocenters. The standard InChI is InChI=1S/C26H19Br2NO4/c1-16-23(25(30)32-14-17-6-10-19(27)11-7-17)24(21-4-2-3-5-22(21)29-16)26(31)33-15-18-8-12-20(28)13-9-18/h2-13H,14-15H2,1H3. The average molecular weight is 569 g/mol. The van der Waals surface area contributed by atoms with Crippen LogP contribution in [0, 0.1) is 6.92 Å². The molecule has 4 aromatic rings. The molecule has 0 saturated carbocycles. The molecule has 0 aliphatic heterocycles. The lowest BCUT2D eigenvalue weighted by atomic mass is 10.0. The minimum atomic E-state index is -0.621. The first-order chi connectivity index (χ1) is 15.9. The predicted molar refractivity (Wildman–Crippen MR) is 133 cm³/mol. The van der Waals surface area contributed by atoms with Gasteiger partial charge in [0.2, 0.25) is 0 Å². The number of fused-ring (bicyclic) bond motifs is 1. The van der Waals surface area contributed by atoms with E-state index in [0.717, 1.165) is 20.1 Å². The molecule has 0 amide bonds. The highest BCUT2D eigenvalue weighted by Crippen LogP contribution is 2.26. The Kier molecular flexibility index (Phi) is 7.20. The van der Waals surface area contributed by atoms with E-state index in [1.54, 1.807) is 25.1 Å². The van der Waals surface area contributed by atoms with Gasteiger partial charge in [-0.15, -0.1) is 0 Å². The lowest BCUT2D eigenvalue weighted by molar-refractivity contribution is 0.0426. The number of para-hydroxylation sites is 1. The molecule has 0 atom stereocenters. The van der Waals surface area contributed by atoms with Crippen molar-refractivity contribution >= 4 is 54.7 Å². The van der Waals surface area contributed by atoms with Gasteiger partial charge in [-0.2, -0.15) is 0 Å². The van der Waals surface area contributed by atoms with Gasteiger partial charge < -0.3 is 9.47 Å².